The Morgan fingerprint density at radius 3 is 2.14 bits per heavy atom. The molecule has 6 aliphatic carbocycles. The summed E-state index contributed by atoms with van der Waals surface area (Å²) < 4.78 is 17.8. The van der Waals surface area contributed by atoms with E-state index in [-0.39, 0.29) is 75.7 Å². The molecule has 63 heavy (non-hydrogen) atoms. The van der Waals surface area contributed by atoms with Crippen LogP contribution in [0, 0.1) is 62.6 Å². The van der Waals surface area contributed by atoms with Crippen molar-refractivity contribution in [1.29, 1.82) is 0 Å². The number of ether oxygens (including phenoxy) is 3. The van der Waals surface area contributed by atoms with E-state index in [0.717, 1.165) is 62.5 Å². The van der Waals surface area contributed by atoms with Crippen molar-refractivity contribution in [1.82, 2.24) is 10.6 Å². The summed E-state index contributed by atoms with van der Waals surface area (Å²) in [5.41, 5.74) is -0.643. The van der Waals surface area contributed by atoms with Crippen molar-refractivity contribution >= 4 is 29.5 Å². The van der Waals surface area contributed by atoms with E-state index in [0.29, 0.717) is 49.2 Å². The molecule has 11 nitrogen and oxygen atoms in total. The van der Waals surface area contributed by atoms with E-state index in [4.69, 9.17) is 14.2 Å². The standard InChI is InChI=1S/C52H74N2O9/c1-29(2)40-36(55)27-52(54-45(60)48(7,8)53-42(56)30-12-14-31(15-13-30)62-32-20-25-61-28-32)24-23-50(10)33(41(40)52)16-17-38-49(9)21-19-39(47(5,6)37(49)18-22-51(38,50)11)63-44(59)35-26-34(43(57)58)46(35,3)4/h12-15,29,32-35,37-39H,16-28H2,1-11H3,(H,53,56)(H,54,60)(H,57,58)/t32-,33+,34-,35+,37-,38+,39-,49-,50+,51+,52+/m0/s1. The summed E-state index contributed by atoms with van der Waals surface area (Å²) in [4.78, 5) is 67.9. The Balaban J connectivity index is 1.00. The predicted octanol–water partition coefficient (Wildman–Crippen LogP) is 8.87. The van der Waals surface area contributed by atoms with Crippen LogP contribution in [0.2, 0.25) is 0 Å². The van der Waals surface area contributed by atoms with E-state index < -0.39 is 34.3 Å². The fourth-order valence-electron chi connectivity index (χ4n) is 15.2. The maximum absolute atomic E-state index is 14.5. The molecule has 11 atom stereocenters. The number of esters is 1. The fourth-order valence-corrected chi connectivity index (χ4v) is 15.2. The van der Waals surface area contributed by atoms with Gasteiger partial charge < -0.3 is 30.0 Å². The molecule has 1 heterocycles. The number of hydrogen-bond donors (Lipinski definition) is 3. The third-order valence-electron chi connectivity index (χ3n) is 19.1. The summed E-state index contributed by atoms with van der Waals surface area (Å²) in [6, 6.07) is 6.97. The van der Waals surface area contributed by atoms with E-state index in [2.05, 4.69) is 59.1 Å². The van der Waals surface area contributed by atoms with E-state index in [1.807, 2.05) is 13.8 Å². The minimum Gasteiger partial charge on any atom is -0.488 e. The highest BCUT2D eigenvalue weighted by molar-refractivity contribution is 6.03. The Kier molecular flexibility index (Phi) is 11.2. The summed E-state index contributed by atoms with van der Waals surface area (Å²) in [5.74, 6) is -1.01. The van der Waals surface area contributed by atoms with Crippen LogP contribution in [0.1, 0.15) is 157 Å². The number of carboxylic acids is 1. The summed E-state index contributed by atoms with van der Waals surface area (Å²) in [5, 5.41) is 16.2. The zero-order valence-electron chi connectivity index (χ0n) is 39.8. The van der Waals surface area contributed by atoms with Crippen molar-refractivity contribution in [3.05, 3.63) is 41.0 Å². The van der Waals surface area contributed by atoms with Gasteiger partial charge in [-0.15, -0.1) is 0 Å². The number of carbonyl (C=O) groups excluding carboxylic acids is 4. The van der Waals surface area contributed by atoms with Gasteiger partial charge in [-0.1, -0.05) is 62.3 Å². The lowest BCUT2D eigenvalue weighted by Gasteiger charge is -2.72. The fraction of sp³-hybridized carbons (Fsp3) is 0.750. The van der Waals surface area contributed by atoms with Crippen LogP contribution in [-0.4, -0.2) is 71.1 Å². The molecule has 3 N–H and O–H groups in total. The molecule has 5 saturated carbocycles. The molecule has 8 rings (SSSR count). The minimum atomic E-state index is -1.26. The molecule has 0 spiro atoms. The first kappa shape index (κ1) is 45.8. The Hall–Kier alpha value is -3.73. The molecule has 346 valence electrons. The van der Waals surface area contributed by atoms with Gasteiger partial charge in [0.15, 0.2) is 5.78 Å². The second-order valence-electron chi connectivity index (χ2n) is 23.7. The van der Waals surface area contributed by atoms with E-state index in [1.54, 1.807) is 38.1 Å². The number of allylic oxidation sites excluding steroid dienone is 1. The molecule has 0 aromatic heterocycles. The maximum Gasteiger partial charge on any atom is 0.309 e. The van der Waals surface area contributed by atoms with Crippen molar-refractivity contribution in [2.24, 2.45) is 62.6 Å². The van der Waals surface area contributed by atoms with Crippen LogP contribution in [0.5, 0.6) is 5.75 Å². The van der Waals surface area contributed by atoms with Gasteiger partial charge >= 0.3 is 11.9 Å². The molecule has 1 aromatic carbocycles. The van der Waals surface area contributed by atoms with Gasteiger partial charge in [-0.05, 0) is 152 Å². The van der Waals surface area contributed by atoms with Crippen LogP contribution < -0.4 is 15.4 Å². The molecule has 7 aliphatic rings. The van der Waals surface area contributed by atoms with Crippen molar-refractivity contribution in [2.75, 3.05) is 13.2 Å². The third kappa shape index (κ3) is 7.09. The van der Waals surface area contributed by atoms with Crippen molar-refractivity contribution in [2.45, 2.75) is 170 Å². The maximum atomic E-state index is 14.5. The number of rotatable bonds is 10. The van der Waals surface area contributed by atoms with Gasteiger partial charge in [0.05, 0.1) is 30.6 Å². The number of amides is 2. The number of carbonyl (C=O) groups is 5. The first-order valence-corrected chi connectivity index (χ1v) is 24.0. The highest BCUT2D eigenvalue weighted by Gasteiger charge is 2.71. The summed E-state index contributed by atoms with van der Waals surface area (Å²) >= 11 is 0. The zero-order valence-corrected chi connectivity index (χ0v) is 39.8. The van der Waals surface area contributed by atoms with Gasteiger partial charge in [-0.3, -0.25) is 24.0 Å². The van der Waals surface area contributed by atoms with Crippen LogP contribution in [0.4, 0.5) is 0 Å². The number of aliphatic carboxylic acids is 1. The van der Waals surface area contributed by atoms with Gasteiger partial charge in [-0.2, -0.15) is 0 Å². The average molecular weight is 871 g/mol. The molecule has 6 fully saturated rings. The highest BCUT2D eigenvalue weighted by Crippen LogP contribution is 2.76. The summed E-state index contributed by atoms with van der Waals surface area (Å²) in [7, 11) is 0. The molecule has 0 bridgehead atoms. The number of nitrogens with one attached hydrogen (secondary N) is 2. The minimum absolute atomic E-state index is 0.000254. The lowest BCUT2D eigenvalue weighted by molar-refractivity contribution is -0.235. The van der Waals surface area contributed by atoms with Crippen molar-refractivity contribution in [3.63, 3.8) is 0 Å². The number of ketones is 1. The summed E-state index contributed by atoms with van der Waals surface area (Å²) in [6.07, 6.45) is 8.44. The molecular weight excluding hydrogens is 797 g/mol. The number of hydrogen-bond acceptors (Lipinski definition) is 8. The Morgan fingerprint density at radius 2 is 1.52 bits per heavy atom. The molecule has 1 saturated heterocycles. The molecule has 2 amide bonds. The SMILES string of the molecule is CC(C)C1=C2[C@H]3CC[C@@H]4[C@@]5(C)CC[C@H](OC(=O)[C@H]6C[C@@H](C(=O)O)C6(C)C)C(C)(C)[C@@H]5CC[C@@]4(C)[C@]3(C)CC[C@@]2(NC(=O)C(C)(C)NC(=O)c2ccc(O[C@H]3CCOC3)cc2)CC1=O. The van der Waals surface area contributed by atoms with Crippen LogP contribution in [0.3, 0.4) is 0 Å². The Bertz CT molecular complexity index is 2080. The largest absolute Gasteiger partial charge is 0.488 e. The first-order valence-electron chi connectivity index (χ1n) is 24.0. The second-order valence-corrected chi connectivity index (χ2v) is 23.7. The lowest BCUT2D eigenvalue weighted by atomic mass is 9.33. The number of Topliss-reactive ketones (excluding diaryl/α,β-unsaturated/α-hetero) is 1. The topological polar surface area (TPSA) is 157 Å². The lowest BCUT2D eigenvalue weighted by Crippen LogP contribution is -2.68. The predicted molar refractivity (Wildman–Crippen MR) is 239 cm³/mol. The van der Waals surface area contributed by atoms with Gasteiger partial charge in [-0.25, -0.2) is 0 Å². The molecule has 1 aromatic rings. The van der Waals surface area contributed by atoms with E-state index in [9.17, 15) is 29.1 Å². The van der Waals surface area contributed by atoms with E-state index in [1.165, 1.54) is 0 Å². The summed E-state index contributed by atoms with van der Waals surface area (Å²) in [6.45, 7) is 24.8. The number of fused-ring (bicyclic) bond motifs is 7. The van der Waals surface area contributed by atoms with Crippen LogP contribution in [-0.2, 0) is 28.7 Å². The highest BCUT2D eigenvalue weighted by atomic mass is 16.6. The van der Waals surface area contributed by atoms with Crippen LogP contribution >= 0.6 is 0 Å². The van der Waals surface area contributed by atoms with Gasteiger partial charge in [0, 0.05) is 23.8 Å². The molecular formula is C52H74N2O9. The zero-order chi connectivity index (χ0) is 45.9. The molecule has 0 radical (unpaired) electrons. The average Bonchev–Trinajstić information content (AvgIpc) is 3.80. The van der Waals surface area contributed by atoms with Gasteiger partial charge in [0.25, 0.3) is 5.91 Å². The normalized spacial score (nSPS) is 38.9. The Labute approximate surface area is 375 Å². The molecule has 0 unspecified atom stereocenters. The smallest absolute Gasteiger partial charge is 0.309 e. The monoisotopic (exact) mass is 871 g/mol. The van der Waals surface area contributed by atoms with Gasteiger partial charge in [0.1, 0.15) is 23.5 Å². The number of carboxylic acid groups (broad SMARTS) is 1. The van der Waals surface area contributed by atoms with Gasteiger partial charge in [0.2, 0.25) is 5.91 Å². The number of benzene rings is 1. The van der Waals surface area contributed by atoms with Crippen molar-refractivity contribution in [3.8, 4) is 5.75 Å². The van der Waals surface area contributed by atoms with Crippen LogP contribution in [0.15, 0.2) is 35.4 Å². The quantitative estimate of drug-likeness (QED) is 0.196. The molecule has 1 aliphatic heterocycles. The van der Waals surface area contributed by atoms with Crippen LogP contribution in [0.25, 0.3) is 0 Å². The third-order valence-corrected chi connectivity index (χ3v) is 19.1. The Morgan fingerprint density at radius 1 is 0.825 bits per heavy atom. The van der Waals surface area contributed by atoms with E-state index >= 15 is 0 Å². The second kappa shape index (κ2) is 15.4. The molecule has 11 heteroatoms. The van der Waals surface area contributed by atoms with Crippen molar-refractivity contribution < 1.29 is 43.3 Å². The first-order chi connectivity index (χ1) is 29.3.